The van der Waals surface area contributed by atoms with Gasteiger partial charge in [-0.1, -0.05) is 49.2 Å². The molecule has 0 amide bonds. The number of likely N-dealkylation sites (tertiary alicyclic amines) is 1. The molecule has 1 saturated heterocycles. The van der Waals surface area contributed by atoms with E-state index in [9.17, 15) is 0 Å². The lowest BCUT2D eigenvalue weighted by atomic mass is 10.1. The number of benzene rings is 1. The Morgan fingerprint density at radius 3 is 2.35 bits per heavy atom. The third-order valence-corrected chi connectivity index (χ3v) is 5.71. The van der Waals surface area contributed by atoms with Gasteiger partial charge in [0.15, 0.2) is 0 Å². The summed E-state index contributed by atoms with van der Waals surface area (Å²) in [6.07, 6.45) is 7.45. The third kappa shape index (κ3) is 5.08. The normalized spacial score (nSPS) is 17.6. The van der Waals surface area contributed by atoms with Crippen LogP contribution in [0.15, 0.2) is 54.7 Å². The van der Waals surface area contributed by atoms with Crippen molar-refractivity contribution in [1.82, 2.24) is 9.88 Å². The zero-order valence-corrected chi connectivity index (χ0v) is 14.5. The molecule has 1 fully saturated rings. The minimum absolute atomic E-state index is 0.337. The summed E-state index contributed by atoms with van der Waals surface area (Å²) in [7, 11) is 0. The van der Waals surface area contributed by atoms with Crippen molar-refractivity contribution >= 4 is 11.8 Å². The molecule has 23 heavy (non-hydrogen) atoms. The second-order valence-electron chi connectivity index (χ2n) is 6.17. The van der Waals surface area contributed by atoms with Crippen LogP contribution in [-0.4, -0.2) is 35.3 Å². The zero-order valence-electron chi connectivity index (χ0n) is 13.7. The van der Waals surface area contributed by atoms with Crippen LogP contribution in [0.1, 0.15) is 42.2 Å². The molecule has 1 aromatic carbocycles. The van der Waals surface area contributed by atoms with Crippen LogP contribution >= 0.6 is 11.8 Å². The summed E-state index contributed by atoms with van der Waals surface area (Å²) in [5.74, 6) is 1.16. The number of pyridine rings is 1. The Labute approximate surface area is 144 Å². The van der Waals surface area contributed by atoms with E-state index in [1.54, 1.807) is 0 Å². The van der Waals surface area contributed by atoms with E-state index in [4.69, 9.17) is 0 Å². The molecule has 1 unspecified atom stereocenters. The van der Waals surface area contributed by atoms with Gasteiger partial charge in [0.2, 0.25) is 0 Å². The molecule has 2 aromatic rings. The Kier molecular flexibility index (Phi) is 6.54. The van der Waals surface area contributed by atoms with Crippen LogP contribution in [0.3, 0.4) is 0 Å². The summed E-state index contributed by atoms with van der Waals surface area (Å²) >= 11 is 2.02. The van der Waals surface area contributed by atoms with Gasteiger partial charge in [-0.25, -0.2) is 0 Å². The van der Waals surface area contributed by atoms with Crippen molar-refractivity contribution in [3.05, 3.63) is 66.0 Å². The van der Waals surface area contributed by atoms with E-state index in [2.05, 4.69) is 52.3 Å². The second kappa shape index (κ2) is 9.09. The molecule has 1 atom stereocenters. The van der Waals surface area contributed by atoms with Crippen molar-refractivity contribution in [1.29, 1.82) is 0 Å². The van der Waals surface area contributed by atoms with Crippen molar-refractivity contribution in [2.45, 2.75) is 30.9 Å². The van der Waals surface area contributed by atoms with Gasteiger partial charge < -0.3 is 4.90 Å². The van der Waals surface area contributed by atoms with Gasteiger partial charge in [-0.05, 0) is 43.6 Å². The highest BCUT2D eigenvalue weighted by molar-refractivity contribution is 7.99. The number of hydrogen-bond acceptors (Lipinski definition) is 3. The topological polar surface area (TPSA) is 16.1 Å². The predicted molar refractivity (Wildman–Crippen MR) is 99.9 cm³/mol. The van der Waals surface area contributed by atoms with Gasteiger partial charge in [-0.3, -0.25) is 4.98 Å². The quantitative estimate of drug-likeness (QED) is 0.760. The highest BCUT2D eigenvalue weighted by Crippen LogP contribution is 2.34. The van der Waals surface area contributed by atoms with E-state index in [0.29, 0.717) is 5.25 Å². The van der Waals surface area contributed by atoms with E-state index in [0.717, 1.165) is 5.75 Å². The Morgan fingerprint density at radius 1 is 0.913 bits per heavy atom. The molecule has 0 radical (unpaired) electrons. The predicted octanol–water partition coefficient (Wildman–Crippen LogP) is 4.78. The summed E-state index contributed by atoms with van der Waals surface area (Å²) < 4.78 is 0. The van der Waals surface area contributed by atoms with Crippen LogP contribution in [0.2, 0.25) is 0 Å². The first kappa shape index (κ1) is 16.5. The van der Waals surface area contributed by atoms with Crippen LogP contribution in [0.4, 0.5) is 0 Å². The molecule has 0 saturated carbocycles. The van der Waals surface area contributed by atoms with Crippen LogP contribution in [0, 0.1) is 0 Å². The molecule has 1 aliphatic heterocycles. The fraction of sp³-hybridized carbons (Fsp3) is 0.450. The average Bonchev–Trinajstić information content (AvgIpc) is 2.89. The van der Waals surface area contributed by atoms with Crippen molar-refractivity contribution in [3.8, 4) is 0 Å². The van der Waals surface area contributed by atoms with Crippen LogP contribution in [0.25, 0.3) is 0 Å². The molecular weight excluding hydrogens is 300 g/mol. The summed E-state index contributed by atoms with van der Waals surface area (Å²) in [6.45, 7) is 3.75. The molecule has 0 N–H and O–H groups in total. The second-order valence-corrected chi connectivity index (χ2v) is 7.38. The molecule has 0 bridgehead atoms. The van der Waals surface area contributed by atoms with Crippen LogP contribution in [-0.2, 0) is 0 Å². The van der Waals surface area contributed by atoms with E-state index in [1.165, 1.54) is 56.6 Å². The number of thioether (sulfide) groups is 1. The lowest BCUT2D eigenvalue weighted by molar-refractivity contribution is 0.303. The third-order valence-electron chi connectivity index (χ3n) is 4.45. The fourth-order valence-electron chi connectivity index (χ4n) is 3.17. The number of aromatic nitrogens is 1. The first-order valence-electron chi connectivity index (χ1n) is 8.73. The Hall–Kier alpha value is -1.32. The summed E-state index contributed by atoms with van der Waals surface area (Å²) in [5, 5.41) is 0.337. The van der Waals surface area contributed by atoms with E-state index in [-0.39, 0.29) is 0 Å². The van der Waals surface area contributed by atoms with E-state index in [1.807, 2.05) is 24.0 Å². The minimum Gasteiger partial charge on any atom is -0.303 e. The van der Waals surface area contributed by atoms with Gasteiger partial charge in [-0.2, -0.15) is 0 Å². The van der Waals surface area contributed by atoms with Gasteiger partial charge in [0, 0.05) is 18.5 Å². The maximum absolute atomic E-state index is 4.60. The van der Waals surface area contributed by atoms with Crippen molar-refractivity contribution in [3.63, 3.8) is 0 Å². The minimum atomic E-state index is 0.337. The first-order valence-corrected chi connectivity index (χ1v) is 9.78. The summed E-state index contributed by atoms with van der Waals surface area (Å²) in [5.41, 5.74) is 2.52. The number of nitrogens with zero attached hydrogens (tertiary/aromatic N) is 2. The average molecular weight is 327 g/mol. The van der Waals surface area contributed by atoms with Gasteiger partial charge in [-0.15, -0.1) is 11.8 Å². The maximum atomic E-state index is 4.60. The molecule has 1 aromatic heterocycles. The molecule has 1 aliphatic rings. The highest BCUT2D eigenvalue weighted by Gasteiger charge is 2.16. The van der Waals surface area contributed by atoms with Crippen molar-refractivity contribution in [2.24, 2.45) is 0 Å². The van der Waals surface area contributed by atoms with Gasteiger partial charge in [0.1, 0.15) is 0 Å². The smallest absolute Gasteiger partial charge is 0.0719 e. The van der Waals surface area contributed by atoms with Crippen molar-refractivity contribution in [2.75, 3.05) is 25.4 Å². The monoisotopic (exact) mass is 326 g/mol. The lowest BCUT2D eigenvalue weighted by Crippen LogP contribution is -2.27. The Bertz CT molecular complexity index is 511. The lowest BCUT2D eigenvalue weighted by Gasteiger charge is -2.22. The maximum Gasteiger partial charge on any atom is 0.0719 e. The number of rotatable bonds is 6. The molecule has 0 aliphatic carbocycles. The Balaban J connectivity index is 1.62. The molecule has 0 spiro atoms. The molecule has 122 valence electrons. The van der Waals surface area contributed by atoms with E-state index >= 15 is 0 Å². The Morgan fingerprint density at radius 2 is 1.65 bits per heavy atom. The first-order chi connectivity index (χ1) is 11.4. The van der Waals surface area contributed by atoms with E-state index < -0.39 is 0 Å². The fourth-order valence-corrected chi connectivity index (χ4v) is 4.43. The molecule has 3 heteroatoms. The molecule has 2 nitrogen and oxygen atoms in total. The van der Waals surface area contributed by atoms with Crippen LogP contribution < -0.4 is 0 Å². The SMILES string of the molecule is c1ccc(C(SCCN2CCCCCC2)c2ccccn2)cc1. The standard InChI is InChI=1S/C20H26N2S/c1-2-9-15-22(14-8-1)16-17-23-20(18-10-4-3-5-11-18)19-12-6-7-13-21-19/h3-7,10-13,20H,1-2,8-9,14-17H2. The summed E-state index contributed by atoms with van der Waals surface area (Å²) in [4.78, 5) is 7.24. The largest absolute Gasteiger partial charge is 0.303 e. The molecular formula is C20H26N2S. The molecule has 3 rings (SSSR count). The highest BCUT2D eigenvalue weighted by atomic mass is 32.2. The number of hydrogen-bond donors (Lipinski definition) is 0. The molecule has 2 heterocycles. The van der Waals surface area contributed by atoms with Gasteiger partial charge in [0.05, 0.1) is 10.9 Å². The zero-order chi connectivity index (χ0) is 15.7. The van der Waals surface area contributed by atoms with Gasteiger partial charge in [0.25, 0.3) is 0 Å². The summed E-state index contributed by atoms with van der Waals surface area (Å²) in [6, 6.07) is 17.0. The van der Waals surface area contributed by atoms with Crippen LogP contribution in [0.5, 0.6) is 0 Å². The van der Waals surface area contributed by atoms with Crippen molar-refractivity contribution < 1.29 is 0 Å². The van der Waals surface area contributed by atoms with Gasteiger partial charge >= 0.3 is 0 Å².